The molecule has 1 amide bonds. The number of hydrogen-bond acceptors (Lipinski definition) is 6. The van der Waals surface area contributed by atoms with Crippen LogP contribution in [0.15, 0.2) is 41.1 Å². The number of carbonyl (C=O) groups excluding carboxylic acids is 1. The minimum Gasteiger partial charge on any atom is -0.459 e. The zero-order valence-corrected chi connectivity index (χ0v) is 15.4. The summed E-state index contributed by atoms with van der Waals surface area (Å²) in [6.07, 6.45) is 3.11. The number of nitrogens with zero attached hydrogens (tertiary/aromatic N) is 4. The molecule has 10 heteroatoms. The molecule has 0 saturated carbocycles. The van der Waals surface area contributed by atoms with Gasteiger partial charge in [0.1, 0.15) is 5.82 Å². The fourth-order valence-electron chi connectivity index (χ4n) is 2.58. The highest BCUT2D eigenvalue weighted by molar-refractivity contribution is 7.90. The Bertz CT molecular complexity index is 841. The molecule has 3 heterocycles. The van der Waals surface area contributed by atoms with Crippen LogP contribution < -0.4 is 9.62 Å². The highest BCUT2D eigenvalue weighted by atomic mass is 32.2. The van der Waals surface area contributed by atoms with Crippen molar-refractivity contribution < 1.29 is 17.6 Å². The molecule has 1 aliphatic rings. The molecule has 1 saturated heterocycles. The van der Waals surface area contributed by atoms with E-state index in [0.717, 1.165) is 9.99 Å². The molecule has 3 rings (SSSR count). The first-order chi connectivity index (χ1) is 12.4. The van der Waals surface area contributed by atoms with Gasteiger partial charge in [0.2, 0.25) is 0 Å². The number of pyridine rings is 1. The molecule has 0 bridgehead atoms. The van der Waals surface area contributed by atoms with E-state index < -0.39 is 10.2 Å². The Morgan fingerprint density at radius 1 is 1.19 bits per heavy atom. The molecule has 2 aromatic rings. The Morgan fingerprint density at radius 2 is 1.92 bits per heavy atom. The summed E-state index contributed by atoms with van der Waals surface area (Å²) in [5.41, 5.74) is 0.878. The Morgan fingerprint density at radius 3 is 2.46 bits per heavy atom. The predicted octanol–water partition coefficient (Wildman–Crippen LogP) is 0.855. The summed E-state index contributed by atoms with van der Waals surface area (Å²) in [4.78, 5) is 20.3. The molecule has 2 aromatic heterocycles. The maximum atomic E-state index is 12.3. The van der Waals surface area contributed by atoms with Gasteiger partial charge in [-0.25, -0.2) is 4.98 Å². The first-order valence-electron chi connectivity index (χ1n) is 8.11. The van der Waals surface area contributed by atoms with Gasteiger partial charge in [-0.1, -0.05) is 0 Å². The zero-order valence-electron chi connectivity index (χ0n) is 14.6. The first kappa shape index (κ1) is 18.2. The van der Waals surface area contributed by atoms with E-state index in [1.54, 1.807) is 29.3 Å². The second-order valence-corrected chi connectivity index (χ2v) is 7.93. The summed E-state index contributed by atoms with van der Waals surface area (Å²) in [5.74, 6) is 0.493. The van der Waals surface area contributed by atoms with E-state index in [1.165, 1.54) is 20.4 Å². The van der Waals surface area contributed by atoms with Crippen molar-refractivity contribution in [1.82, 2.24) is 14.2 Å². The smallest absolute Gasteiger partial charge is 0.302 e. The van der Waals surface area contributed by atoms with Crippen LogP contribution in [-0.2, 0) is 10.2 Å². The van der Waals surface area contributed by atoms with Crippen LogP contribution in [0, 0.1) is 0 Å². The molecule has 0 unspecified atom stereocenters. The van der Waals surface area contributed by atoms with Crippen molar-refractivity contribution in [3.05, 3.63) is 42.5 Å². The maximum absolute atomic E-state index is 12.3. The van der Waals surface area contributed by atoms with Crippen LogP contribution in [0.4, 0.5) is 11.5 Å². The second-order valence-electron chi connectivity index (χ2n) is 6.05. The highest BCUT2D eigenvalue weighted by Gasteiger charge is 2.24. The van der Waals surface area contributed by atoms with Crippen LogP contribution in [-0.4, -0.2) is 68.8 Å². The average molecular weight is 379 g/mol. The van der Waals surface area contributed by atoms with Gasteiger partial charge < -0.3 is 14.2 Å². The Balaban J connectivity index is 1.59. The molecule has 1 N–H and O–H groups in total. The number of piperazine rings is 1. The third-order valence-electron chi connectivity index (χ3n) is 4.13. The summed E-state index contributed by atoms with van der Waals surface area (Å²) in [6, 6.07) is 6.79. The molecule has 0 aliphatic carbocycles. The van der Waals surface area contributed by atoms with Gasteiger partial charge in [0.05, 0.1) is 18.1 Å². The molecule has 26 heavy (non-hydrogen) atoms. The molecular weight excluding hydrogens is 358 g/mol. The normalized spacial score (nSPS) is 15.3. The summed E-state index contributed by atoms with van der Waals surface area (Å²) < 4.78 is 32.2. The van der Waals surface area contributed by atoms with Crippen molar-refractivity contribution in [2.75, 3.05) is 49.9 Å². The second kappa shape index (κ2) is 7.34. The van der Waals surface area contributed by atoms with Crippen LogP contribution in [0.1, 0.15) is 10.6 Å². The number of nitrogens with one attached hydrogen (secondary N) is 1. The average Bonchev–Trinajstić information content (AvgIpc) is 3.16. The molecule has 0 radical (unpaired) electrons. The largest absolute Gasteiger partial charge is 0.459 e. The number of hydrogen-bond donors (Lipinski definition) is 1. The lowest BCUT2D eigenvalue weighted by molar-refractivity contribution is 0.0714. The van der Waals surface area contributed by atoms with E-state index in [0.29, 0.717) is 31.9 Å². The number of rotatable bonds is 5. The summed E-state index contributed by atoms with van der Waals surface area (Å²) >= 11 is 0. The van der Waals surface area contributed by atoms with E-state index in [2.05, 4.69) is 14.6 Å². The summed E-state index contributed by atoms with van der Waals surface area (Å²) in [5, 5.41) is 0. The van der Waals surface area contributed by atoms with Gasteiger partial charge in [-0.3, -0.25) is 9.52 Å². The van der Waals surface area contributed by atoms with Crippen LogP contribution in [0.3, 0.4) is 0 Å². The molecular formula is C16H21N5O4S. The monoisotopic (exact) mass is 379 g/mol. The van der Waals surface area contributed by atoms with E-state index in [9.17, 15) is 13.2 Å². The molecule has 1 fully saturated rings. The summed E-state index contributed by atoms with van der Waals surface area (Å²) in [7, 11) is -0.684. The molecule has 1 aliphatic heterocycles. The van der Waals surface area contributed by atoms with Gasteiger partial charge in [0, 0.05) is 40.3 Å². The lowest BCUT2D eigenvalue weighted by Crippen LogP contribution is -2.48. The fraction of sp³-hybridized carbons (Fsp3) is 0.375. The highest BCUT2D eigenvalue weighted by Crippen LogP contribution is 2.19. The van der Waals surface area contributed by atoms with Crippen LogP contribution >= 0.6 is 0 Å². The number of anilines is 2. The Kier molecular flexibility index (Phi) is 5.14. The van der Waals surface area contributed by atoms with Gasteiger partial charge in [-0.2, -0.15) is 12.7 Å². The van der Waals surface area contributed by atoms with Gasteiger partial charge in [0.15, 0.2) is 5.76 Å². The number of furan rings is 1. The number of carbonyl (C=O) groups is 1. The van der Waals surface area contributed by atoms with Gasteiger partial charge in [-0.05, 0) is 24.3 Å². The van der Waals surface area contributed by atoms with Gasteiger partial charge in [0.25, 0.3) is 5.91 Å². The molecule has 0 aromatic carbocycles. The topological polar surface area (TPSA) is 99.0 Å². The SMILES string of the molecule is CN(C)S(=O)(=O)Nc1ccc(N2CCN(C(=O)c3ccco3)CC2)cn1. The first-order valence-corrected chi connectivity index (χ1v) is 9.55. The minimum atomic E-state index is -3.57. The molecule has 9 nitrogen and oxygen atoms in total. The molecule has 0 spiro atoms. The Hall–Kier alpha value is -2.59. The third-order valence-corrected chi connectivity index (χ3v) is 5.55. The molecule has 140 valence electrons. The lowest BCUT2D eigenvalue weighted by atomic mass is 10.2. The fourth-order valence-corrected chi connectivity index (χ4v) is 3.15. The van der Waals surface area contributed by atoms with Crippen molar-refractivity contribution in [1.29, 1.82) is 0 Å². The van der Waals surface area contributed by atoms with Crippen molar-refractivity contribution in [2.45, 2.75) is 0 Å². The summed E-state index contributed by atoms with van der Waals surface area (Å²) in [6.45, 7) is 2.48. The van der Waals surface area contributed by atoms with Crippen LogP contribution in [0.2, 0.25) is 0 Å². The van der Waals surface area contributed by atoms with E-state index in [-0.39, 0.29) is 11.7 Å². The van der Waals surface area contributed by atoms with Gasteiger partial charge in [-0.15, -0.1) is 0 Å². The number of amides is 1. The van der Waals surface area contributed by atoms with Crippen molar-refractivity contribution in [3.8, 4) is 0 Å². The van der Waals surface area contributed by atoms with Crippen molar-refractivity contribution in [2.24, 2.45) is 0 Å². The van der Waals surface area contributed by atoms with E-state index >= 15 is 0 Å². The quantitative estimate of drug-likeness (QED) is 0.827. The van der Waals surface area contributed by atoms with E-state index in [4.69, 9.17) is 4.42 Å². The predicted molar refractivity (Wildman–Crippen MR) is 97.3 cm³/mol. The Labute approximate surface area is 152 Å². The van der Waals surface area contributed by atoms with Gasteiger partial charge >= 0.3 is 10.2 Å². The van der Waals surface area contributed by atoms with Crippen molar-refractivity contribution >= 4 is 27.6 Å². The number of aromatic nitrogens is 1. The third kappa shape index (κ3) is 3.97. The maximum Gasteiger partial charge on any atom is 0.302 e. The standard InChI is InChI=1S/C16H21N5O4S/c1-19(2)26(23,24)18-15-6-5-13(12-17-15)20-7-9-21(10-8-20)16(22)14-4-3-11-25-14/h3-6,11-12H,7-10H2,1-2H3,(H,17,18). The lowest BCUT2D eigenvalue weighted by Gasteiger charge is -2.35. The minimum absolute atomic E-state index is 0.110. The van der Waals surface area contributed by atoms with E-state index in [1.807, 2.05) is 6.07 Å². The van der Waals surface area contributed by atoms with Crippen LogP contribution in [0.5, 0.6) is 0 Å². The van der Waals surface area contributed by atoms with Crippen LogP contribution in [0.25, 0.3) is 0 Å². The van der Waals surface area contributed by atoms with Crippen molar-refractivity contribution in [3.63, 3.8) is 0 Å². The molecule has 0 atom stereocenters. The zero-order chi connectivity index (χ0) is 18.7.